The third-order valence-corrected chi connectivity index (χ3v) is 2.67. The molecule has 0 bridgehead atoms. The summed E-state index contributed by atoms with van der Waals surface area (Å²) in [4.78, 5) is 13.8. The zero-order valence-corrected chi connectivity index (χ0v) is 12.5. The third-order valence-electron chi connectivity index (χ3n) is 2.50. The van der Waals surface area contributed by atoms with E-state index in [2.05, 4.69) is 15.0 Å². The number of nitrogens with zero attached hydrogens (tertiary/aromatic N) is 4. The van der Waals surface area contributed by atoms with Crippen molar-refractivity contribution in [3.63, 3.8) is 0 Å². The van der Waals surface area contributed by atoms with Gasteiger partial charge in [-0.3, -0.25) is 0 Å². The van der Waals surface area contributed by atoms with Crippen LogP contribution < -0.4 is 14.4 Å². The molecule has 1 aromatic carbocycles. The molecule has 0 radical (unpaired) electrons. The minimum absolute atomic E-state index is 0.0739. The summed E-state index contributed by atoms with van der Waals surface area (Å²) in [6, 6.07) is 5.69. The summed E-state index contributed by atoms with van der Waals surface area (Å²) in [5, 5.41) is 0.0739. The largest absolute Gasteiger partial charge is 0.493 e. The van der Waals surface area contributed by atoms with Crippen LogP contribution in [-0.4, -0.2) is 36.2 Å². The van der Waals surface area contributed by atoms with Gasteiger partial charge in [-0.25, -0.2) is 0 Å². The van der Waals surface area contributed by atoms with E-state index in [0.29, 0.717) is 17.4 Å². The number of aromatic nitrogens is 3. The van der Waals surface area contributed by atoms with Crippen LogP contribution in [-0.2, 0) is 0 Å². The van der Waals surface area contributed by atoms with Crippen molar-refractivity contribution >= 4 is 17.5 Å². The van der Waals surface area contributed by atoms with Crippen molar-refractivity contribution in [1.82, 2.24) is 15.0 Å². The van der Waals surface area contributed by atoms with Crippen molar-refractivity contribution < 1.29 is 9.47 Å². The van der Waals surface area contributed by atoms with Crippen LogP contribution >= 0.6 is 11.6 Å². The molecule has 106 valence electrons. The van der Waals surface area contributed by atoms with Gasteiger partial charge in [0.2, 0.25) is 11.2 Å². The Kier molecular flexibility index (Phi) is 4.24. The van der Waals surface area contributed by atoms with Gasteiger partial charge in [-0.15, -0.1) is 0 Å². The van der Waals surface area contributed by atoms with E-state index >= 15 is 0 Å². The van der Waals surface area contributed by atoms with Crippen molar-refractivity contribution in [2.75, 3.05) is 26.1 Å². The number of methoxy groups -OCH3 is 1. The number of aryl methyl sites for hydroxylation is 1. The molecule has 0 unspecified atom stereocenters. The average molecular weight is 295 g/mol. The Bertz CT molecular complexity index is 619. The van der Waals surface area contributed by atoms with Crippen molar-refractivity contribution in [1.29, 1.82) is 0 Å². The molecule has 0 spiro atoms. The van der Waals surface area contributed by atoms with Gasteiger partial charge in [-0.05, 0) is 36.2 Å². The zero-order chi connectivity index (χ0) is 14.7. The molecular weight excluding hydrogens is 280 g/mol. The molecule has 1 aromatic heterocycles. The molecule has 0 aliphatic carbocycles. The first kappa shape index (κ1) is 14.3. The fraction of sp³-hybridized carbons (Fsp3) is 0.308. The summed E-state index contributed by atoms with van der Waals surface area (Å²) in [7, 11) is 5.19. The lowest BCUT2D eigenvalue weighted by atomic mass is 10.2. The van der Waals surface area contributed by atoms with Crippen LogP contribution in [0.4, 0.5) is 5.95 Å². The highest BCUT2D eigenvalue weighted by Gasteiger charge is 2.11. The van der Waals surface area contributed by atoms with Crippen LogP contribution in [0.2, 0.25) is 5.28 Å². The molecule has 0 aliphatic rings. The smallest absolute Gasteiger partial charge is 0.328 e. The Morgan fingerprint density at radius 2 is 1.85 bits per heavy atom. The minimum atomic E-state index is 0.0739. The van der Waals surface area contributed by atoms with Crippen LogP contribution in [0.3, 0.4) is 0 Å². The van der Waals surface area contributed by atoms with E-state index in [4.69, 9.17) is 21.1 Å². The van der Waals surface area contributed by atoms with Gasteiger partial charge < -0.3 is 14.4 Å². The van der Waals surface area contributed by atoms with Crippen LogP contribution in [0.25, 0.3) is 0 Å². The number of hydrogen-bond acceptors (Lipinski definition) is 6. The van der Waals surface area contributed by atoms with Gasteiger partial charge in [-0.1, -0.05) is 6.07 Å². The molecule has 0 amide bonds. The maximum atomic E-state index is 5.86. The van der Waals surface area contributed by atoms with E-state index in [-0.39, 0.29) is 11.3 Å². The van der Waals surface area contributed by atoms with Crippen molar-refractivity contribution in [2.24, 2.45) is 0 Å². The second kappa shape index (κ2) is 5.92. The minimum Gasteiger partial charge on any atom is -0.493 e. The second-order valence-electron chi connectivity index (χ2n) is 4.34. The fourth-order valence-electron chi connectivity index (χ4n) is 1.53. The number of anilines is 1. The highest BCUT2D eigenvalue weighted by atomic mass is 35.5. The van der Waals surface area contributed by atoms with Gasteiger partial charge in [0.1, 0.15) is 0 Å². The molecule has 20 heavy (non-hydrogen) atoms. The van der Waals surface area contributed by atoms with Gasteiger partial charge in [-0.2, -0.15) is 15.0 Å². The quantitative estimate of drug-likeness (QED) is 0.864. The molecular formula is C13H15ClN4O2. The summed E-state index contributed by atoms with van der Waals surface area (Å²) in [6.07, 6.45) is 0. The van der Waals surface area contributed by atoms with Crippen LogP contribution in [0.1, 0.15) is 5.56 Å². The molecule has 0 saturated carbocycles. The number of halogens is 1. The molecule has 0 saturated heterocycles. The zero-order valence-electron chi connectivity index (χ0n) is 11.7. The predicted molar refractivity (Wildman–Crippen MR) is 77.0 cm³/mol. The van der Waals surface area contributed by atoms with Crippen LogP contribution in [0, 0.1) is 6.92 Å². The number of rotatable bonds is 4. The first-order valence-electron chi connectivity index (χ1n) is 5.91. The Labute approximate surface area is 122 Å². The van der Waals surface area contributed by atoms with Crippen molar-refractivity contribution in [2.45, 2.75) is 6.92 Å². The lowest BCUT2D eigenvalue weighted by Gasteiger charge is -2.12. The van der Waals surface area contributed by atoms with Crippen LogP contribution in [0.5, 0.6) is 17.5 Å². The van der Waals surface area contributed by atoms with Crippen molar-refractivity contribution in [3.05, 3.63) is 29.0 Å². The molecule has 0 fully saturated rings. The lowest BCUT2D eigenvalue weighted by molar-refractivity contribution is 0.367. The first-order chi connectivity index (χ1) is 9.49. The SMILES string of the molecule is COc1cc(C)ccc1Oc1nc(Cl)nc(N(C)C)n1. The van der Waals surface area contributed by atoms with E-state index in [1.165, 1.54) is 0 Å². The fourth-order valence-corrected chi connectivity index (χ4v) is 1.67. The second-order valence-corrected chi connectivity index (χ2v) is 4.68. The van der Waals surface area contributed by atoms with E-state index in [0.717, 1.165) is 5.56 Å². The maximum Gasteiger partial charge on any atom is 0.328 e. The van der Waals surface area contributed by atoms with Gasteiger partial charge in [0.15, 0.2) is 11.5 Å². The first-order valence-corrected chi connectivity index (χ1v) is 6.29. The van der Waals surface area contributed by atoms with Gasteiger partial charge >= 0.3 is 6.01 Å². The summed E-state index contributed by atoms with van der Waals surface area (Å²) >= 11 is 5.86. The summed E-state index contributed by atoms with van der Waals surface area (Å²) in [6.45, 7) is 1.97. The van der Waals surface area contributed by atoms with Gasteiger partial charge in [0, 0.05) is 14.1 Å². The Hall–Kier alpha value is -2.08. The molecule has 0 aliphatic heterocycles. The molecule has 0 N–H and O–H groups in total. The molecule has 2 aromatic rings. The van der Waals surface area contributed by atoms with E-state index in [1.807, 2.05) is 33.2 Å². The van der Waals surface area contributed by atoms with E-state index in [1.54, 1.807) is 18.1 Å². The molecule has 6 nitrogen and oxygen atoms in total. The summed E-state index contributed by atoms with van der Waals surface area (Å²) < 4.78 is 10.9. The highest BCUT2D eigenvalue weighted by Crippen LogP contribution is 2.31. The number of benzene rings is 1. The molecule has 7 heteroatoms. The molecule has 0 atom stereocenters. The summed E-state index contributed by atoms with van der Waals surface area (Å²) in [5.41, 5.74) is 1.07. The van der Waals surface area contributed by atoms with Crippen LogP contribution in [0.15, 0.2) is 18.2 Å². The monoisotopic (exact) mass is 294 g/mol. The van der Waals surface area contributed by atoms with E-state index in [9.17, 15) is 0 Å². The maximum absolute atomic E-state index is 5.86. The number of hydrogen-bond donors (Lipinski definition) is 0. The normalized spacial score (nSPS) is 10.2. The lowest BCUT2D eigenvalue weighted by Crippen LogP contribution is -2.13. The van der Waals surface area contributed by atoms with Crippen molar-refractivity contribution in [3.8, 4) is 17.5 Å². The van der Waals surface area contributed by atoms with E-state index < -0.39 is 0 Å². The molecule has 2 rings (SSSR count). The topological polar surface area (TPSA) is 60.4 Å². The number of ether oxygens (including phenoxy) is 2. The summed E-state index contributed by atoms with van der Waals surface area (Å²) in [5.74, 6) is 1.55. The third kappa shape index (κ3) is 3.27. The van der Waals surface area contributed by atoms with Gasteiger partial charge in [0.05, 0.1) is 7.11 Å². The standard InChI is InChI=1S/C13H15ClN4O2/c1-8-5-6-9(10(7-8)19-4)20-13-16-11(14)15-12(17-13)18(2)3/h5-7H,1-4H3. The predicted octanol–water partition coefficient (Wildman–Crippen LogP) is 2.70. The Morgan fingerprint density at radius 1 is 1.10 bits per heavy atom. The highest BCUT2D eigenvalue weighted by molar-refractivity contribution is 6.28. The Morgan fingerprint density at radius 3 is 2.50 bits per heavy atom. The average Bonchev–Trinajstić information content (AvgIpc) is 2.40. The Balaban J connectivity index is 2.34. The molecule has 1 heterocycles. The van der Waals surface area contributed by atoms with Gasteiger partial charge in [0.25, 0.3) is 0 Å².